The molecular weight excluding hydrogens is 201 g/mol. The number of rotatable bonds is 2. The van der Waals surface area contributed by atoms with Gasteiger partial charge in [-0.2, -0.15) is 0 Å². The van der Waals surface area contributed by atoms with Crippen LogP contribution in [0.4, 0.5) is 4.39 Å². The average Bonchev–Trinajstić information content (AvgIpc) is 2.16. The highest BCUT2D eigenvalue weighted by Crippen LogP contribution is 2.55. The molecule has 0 unspecified atom stereocenters. The van der Waals surface area contributed by atoms with E-state index in [1.807, 2.05) is 0 Å². The van der Waals surface area contributed by atoms with E-state index in [4.69, 9.17) is 9.47 Å². The molecular formula is C10H14FNO3. The monoisotopic (exact) mass is 215 g/mol. The molecule has 15 heavy (non-hydrogen) atoms. The Labute approximate surface area is 87.5 Å². The van der Waals surface area contributed by atoms with Crippen molar-refractivity contribution in [2.75, 3.05) is 20.3 Å². The zero-order valence-corrected chi connectivity index (χ0v) is 8.88. The lowest BCUT2D eigenvalue weighted by atomic mass is 9.58. The van der Waals surface area contributed by atoms with Crippen LogP contribution >= 0.6 is 0 Å². The molecule has 0 radical (unpaired) electrons. The molecule has 3 aliphatic rings. The van der Waals surface area contributed by atoms with Crippen LogP contribution in [0.3, 0.4) is 0 Å². The minimum Gasteiger partial charge on any atom is -0.483 e. The molecule has 84 valence electrons. The SMILES string of the molecule is CCOC(=O)C12CC(F)(CN=C1OC)C2. The van der Waals surface area contributed by atoms with Gasteiger partial charge < -0.3 is 9.47 Å². The van der Waals surface area contributed by atoms with Gasteiger partial charge in [0.25, 0.3) is 0 Å². The van der Waals surface area contributed by atoms with Gasteiger partial charge >= 0.3 is 5.97 Å². The summed E-state index contributed by atoms with van der Waals surface area (Å²) in [6.45, 7) is 2.11. The van der Waals surface area contributed by atoms with Gasteiger partial charge in [0.05, 0.1) is 20.3 Å². The molecule has 0 atom stereocenters. The number of nitrogens with zero attached hydrogens (tertiary/aromatic N) is 1. The van der Waals surface area contributed by atoms with Crippen molar-refractivity contribution in [1.29, 1.82) is 0 Å². The minimum absolute atomic E-state index is 0.0946. The van der Waals surface area contributed by atoms with Gasteiger partial charge in [-0.05, 0) is 6.92 Å². The van der Waals surface area contributed by atoms with Gasteiger partial charge in [-0.3, -0.25) is 9.79 Å². The number of esters is 1. The second-order valence-electron chi connectivity index (χ2n) is 4.13. The highest BCUT2D eigenvalue weighted by molar-refractivity contribution is 6.05. The van der Waals surface area contributed by atoms with Crippen molar-refractivity contribution >= 4 is 11.9 Å². The molecule has 2 heterocycles. The fourth-order valence-corrected chi connectivity index (χ4v) is 2.42. The quantitative estimate of drug-likeness (QED) is 0.648. The fourth-order valence-electron chi connectivity index (χ4n) is 2.42. The number of aliphatic imine (C=N–C) groups is 1. The van der Waals surface area contributed by atoms with Crippen molar-refractivity contribution in [3.63, 3.8) is 0 Å². The molecule has 0 aromatic rings. The van der Waals surface area contributed by atoms with Crippen molar-refractivity contribution in [3.05, 3.63) is 0 Å². The van der Waals surface area contributed by atoms with Crippen LogP contribution in [-0.2, 0) is 14.3 Å². The summed E-state index contributed by atoms with van der Waals surface area (Å²) in [5.74, 6) is -0.0981. The molecule has 1 aliphatic carbocycles. The van der Waals surface area contributed by atoms with E-state index in [1.165, 1.54) is 7.11 Å². The largest absolute Gasteiger partial charge is 0.483 e. The molecule has 0 saturated heterocycles. The van der Waals surface area contributed by atoms with Crippen LogP contribution in [-0.4, -0.2) is 37.8 Å². The Morgan fingerprint density at radius 3 is 2.80 bits per heavy atom. The number of methoxy groups -OCH3 is 1. The normalized spacial score (nSPS) is 37.7. The van der Waals surface area contributed by atoms with Crippen molar-refractivity contribution in [3.8, 4) is 0 Å². The maximum Gasteiger partial charge on any atom is 0.321 e. The van der Waals surface area contributed by atoms with E-state index in [0.29, 0.717) is 5.90 Å². The smallest absolute Gasteiger partial charge is 0.321 e. The Morgan fingerprint density at radius 1 is 1.60 bits per heavy atom. The Hall–Kier alpha value is -1.13. The van der Waals surface area contributed by atoms with Gasteiger partial charge in [0.15, 0.2) is 0 Å². The van der Waals surface area contributed by atoms with Crippen molar-refractivity contribution in [2.45, 2.75) is 25.4 Å². The summed E-state index contributed by atoms with van der Waals surface area (Å²) in [6.07, 6.45) is 0.289. The van der Waals surface area contributed by atoms with E-state index in [9.17, 15) is 9.18 Å². The fraction of sp³-hybridized carbons (Fsp3) is 0.800. The van der Waals surface area contributed by atoms with Crippen LogP contribution in [0.25, 0.3) is 0 Å². The molecule has 1 fully saturated rings. The van der Waals surface area contributed by atoms with E-state index in [2.05, 4.69) is 4.99 Å². The highest BCUT2D eigenvalue weighted by atomic mass is 19.1. The number of halogens is 1. The molecule has 0 amide bonds. The van der Waals surface area contributed by atoms with Crippen molar-refractivity contribution in [1.82, 2.24) is 0 Å². The second kappa shape index (κ2) is 3.18. The maximum absolute atomic E-state index is 13.7. The van der Waals surface area contributed by atoms with E-state index in [-0.39, 0.29) is 26.0 Å². The summed E-state index contributed by atoms with van der Waals surface area (Å²) in [5.41, 5.74) is -2.27. The summed E-state index contributed by atoms with van der Waals surface area (Å²) in [7, 11) is 1.45. The first-order valence-electron chi connectivity index (χ1n) is 5.01. The second-order valence-corrected chi connectivity index (χ2v) is 4.13. The third kappa shape index (κ3) is 1.33. The summed E-state index contributed by atoms with van der Waals surface area (Å²) in [5, 5.41) is 0. The summed E-state index contributed by atoms with van der Waals surface area (Å²) < 4.78 is 23.7. The van der Waals surface area contributed by atoms with Gasteiger partial charge in [-0.25, -0.2) is 4.39 Å². The number of carbonyl (C=O) groups excluding carboxylic acids is 1. The number of carbonyl (C=O) groups is 1. The molecule has 3 rings (SSSR count). The predicted octanol–water partition coefficient (Wildman–Crippen LogP) is 1.10. The van der Waals surface area contributed by atoms with E-state index in [1.54, 1.807) is 6.92 Å². The topological polar surface area (TPSA) is 47.9 Å². The standard InChI is InChI=1S/C10H14FNO3/c1-3-15-8(13)10-4-9(11,5-10)6-12-7(10)14-2/h3-6H2,1-2H3. The first-order chi connectivity index (χ1) is 7.06. The first kappa shape index (κ1) is 10.4. The van der Waals surface area contributed by atoms with Crippen molar-refractivity contribution in [2.24, 2.45) is 10.4 Å². The van der Waals surface area contributed by atoms with Gasteiger partial charge in [0.1, 0.15) is 11.1 Å². The first-order valence-corrected chi connectivity index (χ1v) is 5.01. The summed E-state index contributed by atoms with van der Waals surface area (Å²) in [4.78, 5) is 15.7. The van der Waals surface area contributed by atoms with Crippen LogP contribution in [0.5, 0.6) is 0 Å². The van der Waals surface area contributed by atoms with Crippen LogP contribution in [0.2, 0.25) is 0 Å². The number of ether oxygens (including phenoxy) is 2. The van der Waals surface area contributed by atoms with Crippen LogP contribution in [0.1, 0.15) is 19.8 Å². The molecule has 4 nitrogen and oxygen atoms in total. The van der Waals surface area contributed by atoms with Gasteiger partial charge in [0.2, 0.25) is 5.90 Å². The van der Waals surface area contributed by atoms with E-state index < -0.39 is 17.1 Å². The lowest BCUT2D eigenvalue weighted by Crippen LogP contribution is -2.63. The third-order valence-corrected chi connectivity index (χ3v) is 3.01. The maximum atomic E-state index is 13.7. The molecule has 2 bridgehead atoms. The Kier molecular flexibility index (Phi) is 2.20. The number of fused-ring (bicyclic) bond motifs is 1. The van der Waals surface area contributed by atoms with Crippen LogP contribution < -0.4 is 0 Å². The minimum atomic E-state index is -1.32. The highest BCUT2D eigenvalue weighted by Gasteiger charge is 2.67. The van der Waals surface area contributed by atoms with E-state index in [0.717, 1.165) is 0 Å². The van der Waals surface area contributed by atoms with Gasteiger partial charge in [-0.1, -0.05) is 0 Å². The Bertz CT molecular complexity index is 321. The molecule has 0 N–H and O–H groups in total. The zero-order valence-electron chi connectivity index (χ0n) is 8.88. The molecule has 5 heteroatoms. The van der Waals surface area contributed by atoms with E-state index >= 15 is 0 Å². The number of hydrogen-bond donors (Lipinski definition) is 0. The Balaban J connectivity index is 2.24. The van der Waals surface area contributed by atoms with Gasteiger partial charge in [-0.15, -0.1) is 0 Å². The molecule has 0 aromatic carbocycles. The molecule has 1 saturated carbocycles. The molecule has 0 aromatic heterocycles. The van der Waals surface area contributed by atoms with Gasteiger partial charge in [0, 0.05) is 12.8 Å². The lowest BCUT2D eigenvalue weighted by Gasteiger charge is -2.51. The number of alkyl halides is 1. The van der Waals surface area contributed by atoms with Crippen molar-refractivity contribution < 1.29 is 18.7 Å². The average molecular weight is 215 g/mol. The third-order valence-electron chi connectivity index (χ3n) is 3.01. The predicted molar refractivity (Wildman–Crippen MR) is 51.5 cm³/mol. The zero-order chi connectivity index (χ0) is 11.1. The summed E-state index contributed by atoms with van der Waals surface area (Å²) >= 11 is 0. The van der Waals surface area contributed by atoms with Crippen LogP contribution in [0.15, 0.2) is 4.99 Å². The Morgan fingerprint density at radius 2 is 2.27 bits per heavy atom. The lowest BCUT2D eigenvalue weighted by molar-refractivity contribution is -0.167. The van der Waals surface area contributed by atoms with Crippen LogP contribution in [0, 0.1) is 5.41 Å². The molecule has 0 spiro atoms. The molecule has 2 aliphatic heterocycles. The number of hydrogen-bond acceptors (Lipinski definition) is 4. The summed E-state index contributed by atoms with van der Waals surface area (Å²) in [6, 6.07) is 0.